The van der Waals surface area contributed by atoms with Crippen molar-refractivity contribution in [1.82, 2.24) is 14.7 Å². The highest BCUT2D eigenvalue weighted by molar-refractivity contribution is 5.68. The molecule has 2 fully saturated rings. The highest BCUT2D eigenvalue weighted by atomic mass is 16.6. The molecule has 2 aliphatic heterocycles. The zero-order valence-electron chi connectivity index (χ0n) is 17.4. The highest BCUT2D eigenvalue weighted by Crippen LogP contribution is 2.22. The minimum atomic E-state index is -0.422. The van der Waals surface area contributed by atoms with Crippen LogP contribution in [0.15, 0.2) is 0 Å². The SMILES string of the molecule is C[C@H](O)CN1CCC(CN(C)C[C@@H]2CCN(C(=O)OC(C)(C)C)C2)CC1. The van der Waals surface area contributed by atoms with Gasteiger partial charge in [0.25, 0.3) is 0 Å². The maximum atomic E-state index is 12.2. The van der Waals surface area contributed by atoms with Gasteiger partial charge in [0.05, 0.1) is 6.10 Å². The number of ether oxygens (including phenoxy) is 1. The first kappa shape index (κ1) is 21.5. The summed E-state index contributed by atoms with van der Waals surface area (Å²) in [6.07, 6.45) is 3.09. The van der Waals surface area contributed by atoms with Crippen molar-refractivity contribution in [3.8, 4) is 0 Å². The second-order valence-corrected chi connectivity index (χ2v) is 9.40. The number of carbonyl (C=O) groups excluding carboxylic acids is 1. The number of rotatable bonds is 6. The summed E-state index contributed by atoms with van der Waals surface area (Å²) < 4.78 is 5.48. The fraction of sp³-hybridized carbons (Fsp3) is 0.950. The molecule has 0 aliphatic carbocycles. The van der Waals surface area contributed by atoms with Gasteiger partial charge in [-0.25, -0.2) is 4.79 Å². The number of amides is 1. The molecule has 0 aromatic carbocycles. The second-order valence-electron chi connectivity index (χ2n) is 9.40. The Balaban J connectivity index is 1.66. The van der Waals surface area contributed by atoms with E-state index < -0.39 is 5.60 Å². The standard InChI is InChI=1S/C20H39N3O3/c1-16(24)12-22-9-6-17(7-10-22)13-21(5)14-18-8-11-23(15-18)19(25)26-20(2,3)4/h16-18,24H,6-15H2,1-5H3/t16-,18-/m0/s1. The minimum Gasteiger partial charge on any atom is -0.444 e. The Morgan fingerprint density at radius 2 is 1.73 bits per heavy atom. The minimum absolute atomic E-state index is 0.173. The van der Waals surface area contributed by atoms with Gasteiger partial charge in [0.2, 0.25) is 0 Å². The van der Waals surface area contributed by atoms with Crippen LogP contribution in [0.25, 0.3) is 0 Å². The Morgan fingerprint density at radius 1 is 1.15 bits per heavy atom. The third kappa shape index (κ3) is 7.41. The van der Waals surface area contributed by atoms with Crippen molar-refractivity contribution in [1.29, 1.82) is 0 Å². The summed E-state index contributed by atoms with van der Waals surface area (Å²) in [5.41, 5.74) is -0.422. The Kier molecular flexibility index (Phi) is 7.74. The van der Waals surface area contributed by atoms with Crippen LogP contribution in [0.2, 0.25) is 0 Å². The van der Waals surface area contributed by atoms with E-state index in [-0.39, 0.29) is 12.2 Å². The van der Waals surface area contributed by atoms with Crippen LogP contribution in [-0.4, -0.2) is 90.5 Å². The topological polar surface area (TPSA) is 56.2 Å². The predicted molar refractivity (Wildman–Crippen MR) is 104 cm³/mol. The molecule has 0 unspecified atom stereocenters. The summed E-state index contributed by atoms with van der Waals surface area (Å²) in [6.45, 7) is 14.4. The van der Waals surface area contributed by atoms with E-state index in [1.165, 1.54) is 12.8 Å². The van der Waals surface area contributed by atoms with Gasteiger partial charge in [-0.3, -0.25) is 0 Å². The first-order valence-electron chi connectivity index (χ1n) is 10.2. The van der Waals surface area contributed by atoms with E-state index in [1.807, 2.05) is 32.6 Å². The van der Waals surface area contributed by atoms with Crippen molar-refractivity contribution >= 4 is 6.09 Å². The number of hydrogen-bond donors (Lipinski definition) is 1. The molecule has 2 atom stereocenters. The van der Waals surface area contributed by atoms with Gasteiger partial charge in [-0.1, -0.05) is 0 Å². The van der Waals surface area contributed by atoms with Gasteiger partial charge < -0.3 is 24.5 Å². The zero-order chi connectivity index (χ0) is 19.3. The van der Waals surface area contributed by atoms with Crippen molar-refractivity contribution in [2.45, 2.75) is 58.7 Å². The van der Waals surface area contributed by atoms with Crippen LogP contribution < -0.4 is 0 Å². The maximum Gasteiger partial charge on any atom is 0.410 e. The first-order chi connectivity index (χ1) is 12.1. The van der Waals surface area contributed by atoms with Crippen LogP contribution in [0, 0.1) is 11.8 Å². The smallest absolute Gasteiger partial charge is 0.410 e. The van der Waals surface area contributed by atoms with E-state index in [0.29, 0.717) is 5.92 Å². The molecule has 1 amide bonds. The summed E-state index contributed by atoms with van der Waals surface area (Å²) >= 11 is 0. The van der Waals surface area contributed by atoms with Crippen molar-refractivity contribution in [3.05, 3.63) is 0 Å². The second kappa shape index (κ2) is 9.38. The molecule has 2 rings (SSSR count). The molecule has 0 aromatic rings. The molecule has 2 aliphatic rings. The zero-order valence-corrected chi connectivity index (χ0v) is 17.4. The van der Waals surface area contributed by atoms with Gasteiger partial charge >= 0.3 is 6.09 Å². The van der Waals surface area contributed by atoms with E-state index in [2.05, 4.69) is 16.8 Å². The summed E-state index contributed by atoms with van der Waals surface area (Å²) in [5.74, 6) is 1.29. The van der Waals surface area contributed by atoms with Crippen LogP contribution >= 0.6 is 0 Å². The lowest BCUT2D eigenvalue weighted by Gasteiger charge is -2.34. The van der Waals surface area contributed by atoms with Gasteiger partial charge in [-0.05, 0) is 78.9 Å². The Morgan fingerprint density at radius 3 is 2.31 bits per heavy atom. The molecule has 152 valence electrons. The van der Waals surface area contributed by atoms with Crippen LogP contribution in [0.5, 0.6) is 0 Å². The van der Waals surface area contributed by atoms with Crippen LogP contribution in [-0.2, 0) is 4.74 Å². The normalized spacial score (nSPS) is 24.3. The quantitative estimate of drug-likeness (QED) is 0.778. The highest BCUT2D eigenvalue weighted by Gasteiger charge is 2.30. The fourth-order valence-corrected chi connectivity index (χ4v) is 4.16. The summed E-state index contributed by atoms with van der Waals surface area (Å²) in [7, 11) is 2.21. The molecule has 0 saturated carbocycles. The molecule has 1 N–H and O–H groups in total. The number of nitrogens with zero attached hydrogens (tertiary/aromatic N) is 3. The number of aliphatic hydroxyl groups is 1. The molecule has 26 heavy (non-hydrogen) atoms. The molecule has 2 heterocycles. The average molecular weight is 370 g/mol. The Labute approximate surface area is 159 Å². The molecular weight excluding hydrogens is 330 g/mol. The van der Waals surface area contributed by atoms with Crippen LogP contribution in [0.3, 0.4) is 0 Å². The molecule has 6 heteroatoms. The molecule has 0 bridgehead atoms. The van der Waals surface area contributed by atoms with E-state index in [9.17, 15) is 9.90 Å². The van der Waals surface area contributed by atoms with Crippen LogP contribution in [0.4, 0.5) is 4.79 Å². The van der Waals surface area contributed by atoms with Gasteiger partial charge in [0.15, 0.2) is 0 Å². The number of likely N-dealkylation sites (tertiary alicyclic amines) is 2. The molecule has 0 spiro atoms. The Bertz CT molecular complexity index is 442. The maximum absolute atomic E-state index is 12.2. The summed E-state index contributed by atoms with van der Waals surface area (Å²) in [5, 5.41) is 9.51. The van der Waals surface area contributed by atoms with Crippen molar-refractivity contribution in [2.75, 3.05) is 52.9 Å². The third-order valence-corrected chi connectivity index (χ3v) is 5.31. The number of β-amino-alcohol motifs (C(OH)–C–C–N with tert-alkyl or cyclic N) is 1. The van der Waals surface area contributed by atoms with Gasteiger partial charge in [-0.15, -0.1) is 0 Å². The van der Waals surface area contributed by atoms with E-state index in [4.69, 9.17) is 4.74 Å². The summed E-state index contributed by atoms with van der Waals surface area (Å²) in [6, 6.07) is 0. The first-order valence-corrected chi connectivity index (χ1v) is 10.2. The monoisotopic (exact) mass is 369 g/mol. The van der Waals surface area contributed by atoms with E-state index >= 15 is 0 Å². The lowest BCUT2D eigenvalue weighted by Crippen LogP contribution is -2.41. The lowest BCUT2D eigenvalue weighted by molar-refractivity contribution is 0.0285. The lowest BCUT2D eigenvalue weighted by atomic mass is 9.95. The molecule has 0 aromatic heterocycles. The van der Waals surface area contributed by atoms with Crippen molar-refractivity contribution in [3.63, 3.8) is 0 Å². The molecule has 2 saturated heterocycles. The number of carbonyl (C=O) groups is 1. The number of aliphatic hydroxyl groups excluding tert-OH is 1. The molecule has 6 nitrogen and oxygen atoms in total. The number of hydrogen-bond acceptors (Lipinski definition) is 5. The van der Waals surface area contributed by atoms with E-state index in [0.717, 1.165) is 58.2 Å². The van der Waals surface area contributed by atoms with Crippen molar-refractivity contribution in [2.24, 2.45) is 11.8 Å². The Hall–Kier alpha value is -0.850. The van der Waals surface area contributed by atoms with Gasteiger partial charge in [0, 0.05) is 32.7 Å². The average Bonchev–Trinajstić information content (AvgIpc) is 2.95. The third-order valence-electron chi connectivity index (χ3n) is 5.31. The van der Waals surface area contributed by atoms with Gasteiger partial charge in [-0.2, -0.15) is 0 Å². The van der Waals surface area contributed by atoms with Gasteiger partial charge in [0.1, 0.15) is 5.60 Å². The largest absolute Gasteiger partial charge is 0.444 e. The van der Waals surface area contributed by atoms with Crippen LogP contribution in [0.1, 0.15) is 47.0 Å². The predicted octanol–water partition coefficient (Wildman–Crippen LogP) is 2.27. The molecular formula is C20H39N3O3. The van der Waals surface area contributed by atoms with Crippen molar-refractivity contribution < 1.29 is 14.6 Å². The fourth-order valence-electron chi connectivity index (χ4n) is 4.16. The summed E-state index contributed by atoms with van der Waals surface area (Å²) in [4.78, 5) is 18.9. The number of piperidine rings is 1. The molecule has 0 radical (unpaired) electrons. The van der Waals surface area contributed by atoms with E-state index in [1.54, 1.807) is 0 Å².